The molecule has 0 aliphatic carbocycles. The predicted octanol–water partition coefficient (Wildman–Crippen LogP) is 4.59. The maximum absolute atomic E-state index is 11.2. The molecule has 2 aromatic rings. The van der Waals surface area contributed by atoms with Crippen LogP contribution in [0, 0.1) is 10.3 Å². The number of nitrogens with one attached hydrogen (secondary N) is 1. The molecule has 0 atom stereocenters. The number of rotatable bonds is 5. The minimum atomic E-state index is 0. The summed E-state index contributed by atoms with van der Waals surface area (Å²) in [5.41, 5.74) is 7.91. The van der Waals surface area contributed by atoms with Crippen molar-refractivity contribution in [3.05, 3.63) is 70.6 Å². The van der Waals surface area contributed by atoms with Gasteiger partial charge in [0, 0.05) is 20.1 Å². The van der Waals surface area contributed by atoms with Crippen molar-refractivity contribution in [3.8, 4) is 0 Å². The zero-order chi connectivity index (χ0) is 18.1. The van der Waals surface area contributed by atoms with E-state index in [1.54, 1.807) is 12.1 Å². The third-order valence-corrected chi connectivity index (χ3v) is 4.07. The molecule has 0 unspecified atom stereocenters. The third-order valence-electron chi connectivity index (χ3n) is 4.07. The highest BCUT2D eigenvalue weighted by Crippen LogP contribution is 2.32. The Morgan fingerprint density at radius 2 is 1.84 bits per heavy atom. The molecule has 5 nitrogen and oxygen atoms in total. The first-order valence-corrected chi connectivity index (χ1v) is 8.40. The van der Waals surface area contributed by atoms with Crippen LogP contribution in [0.1, 0.15) is 25.4 Å². The molecule has 25 heavy (non-hydrogen) atoms. The highest BCUT2D eigenvalue weighted by atomic mass is 16.3. The van der Waals surface area contributed by atoms with Crippen LogP contribution in [0.3, 0.4) is 0 Å². The fourth-order valence-electron chi connectivity index (χ4n) is 2.83. The van der Waals surface area contributed by atoms with Gasteiger partial charge in [0.25, 0.3) is 0 Å². The largest absolute Gasteiger partial charge is 0.370 e. The van der Waals surface area contributed by atoms with Gasteiger partial charge in [0.1, 0.15) is 5.69 Å². The number of nitroso groups, excluding NO2 is 1. The monoisotopic (exact) mass is 338 g/mol. The summed E-state index contributed by atoms with van der Waals surface area (Å²) in [6, 6.07) is 15.4. The molecule has 0 amide bonds. The number of allylic oxidation sites excluding steroid dienone is 1. The van der Waals surface area contributed by atoms with Crippen molar-refractivity contribution in [1.29, 1.82) is 5.41 Å². The number of benzene rings is 2. The van der Waals surface area contributed by atoms with E-state index in [1.165, 1.54) is 7.05 Å². The van der Waals surface area contributed by atoms with Crippen molar-refractivity contribution in [3.63, 3.8) is 0 Å². The number of hydrogen-bond acceptors (Lipinski definition) is 5. The van der Waals surface area contributed by atoms with Gasteiger partial charge >= 0.3 is 0 Å². The fraction of sp³-hybridized carbons (Fsp3) is 0.250. The zero-order valence-electron chi connectivity index (χ0n) is 14.5. The number of nitrogens with two attached hydrogens (primary N) is 1. The second-order valence-corrected chi connectivity index (χ2v) is 5.65. The molecule has 0 aromatic heterocycles. The molecule has 0 radical (unpaired) electrons. The molecule has 2 aromatic carbocycles. The van der Waals surface area contributed by atoms with Gasteiger partial charge in [-0.05, 0) is 48.8 Å². The van der Waals surface area contributed by atoms with Gasteiger partial charge in [-0.15, -0.1) is 4.91 Å². The molecule has 1 aliphatic heterocycles. The third kappa shape index (κ3) is 4.84. The summed E-state index contributed by atoms with van der Waals surface area (Å²) >= 11 is 0. The van der Waals surface area contributed by atoms with Crippen molar-refractivity contribution in [2.24, 2.45) is 10.9 Å². The highest BCUT2D eigenvalue weighted by molar-refractivity contribution is 6.09. The fourth-order valence-corrected chi connectivity index (χ4v) is 2.83. The van der Waals surface area contributed by atoms with Gasteiger partial charge in [-0.2, -0.15) is 0 Å². The molecule has 1 aliphatic rings. The van der Waals surface area contributed by atoms with Crippen LogP contribution in [-0.2, 0) is 0 Å². The average molecular weight is 338 g/mol. The Labute approximate surface area is 150 Å². The molecular formula is C20H26N4O. The van der Waals surface area contributed by atoms with E-state index in [0.29, 0.717) is 17.0 Å². The summed E-state index contributed by atoms with van der Waals surface area (Å²) in [6.07, 6.45) is 5.94. The number of anilines is 1. The van der Waals surface area contributed by atoms with Crippen molar-refractivity contribution >= 4 is 23.2 Å². The molecule has 0 saturated carbocycles. The second kappa shape index (κ2) is 9.49. The summed E-state index contributed by atoms with van der Waals surface area (Å²) < 4.78 is 0. The lowest BCUT2D eigenvalue weighted by atomic mass is 10.1. The Bertz CT molecular complexity index is 741. The minimum Gasteiger partial charge on any atom is -0.370 e. The zero-order valence-corrected chi connectivity index (χ0v) is 14.5. The van der Waals surface area contributed by atoms with Gasteiger partial charge in [-0.25, -0.2) is 0 Å². The molecular weight excluding hydrogens is 312 g/mol. The van der Waals surface area contributed by atoms with Gasteiger partial charge < -0.3 is 16.0 Å². The van der Waals surface area contributed by atoms with E-state index >= 15 is 0 Å². The molecule has 5 heteroatoms. The van der Waals surface area contributed by atoms with Crippen molar-refractivity contribution in [2.45, 2.75) is 12.8 Å². The van der Waals surface area contributed by atoms with Crippen molar-refractivity contribution < 1.29 is 1.43 Å². The molecule has 1 heterocycles. The van der Waals surface area contributed by atoms with Crippen LogP contribution < -0.4 is 10.6 Å². The maximum Gasteiger partial charge on any atom is 0.131 e. The average Bonchev–Trinajstić information content (AvgIpc) is 3.22. The number of hydrogen-bond donors (Lipinski definition) is 2. The van der Waals surface area contributed by atoms with Crippen LogP contribution in [0.5, 0.6) is 0 Å². The van der Waals surface area contributed by atoms with Crippen LogP contribution in [0.4, 0.5) is 11.4 Å². The normalized spacial score (nSPS) is 13.4. The van der Waals surface area contributed by atoms with Crippen LogP contribution in [0.25, 0.3) is 6.08 Å². The van der Waals surface area contributed by atoms with Crippen molar-refractivity contribution in [2.75, 3.05) is 25.0 Å². The summed E-state index contributed by atoms with van der Waals surface area (Å²) in [5, 5.41) is 11.4. The maximum atomic E-state index is 11.2. The topological polar surface area (TPSA) is 82.5 Å². The van der Waals surface area contributed by atoms with Crippen molar-refractivity contribution in [1.82, 2.24) is 0 Å². The minimum absolute atomic E-state index is 0. The van der Waals surface area contributed by atoms with E-state index in [0.717, 1.165) is 37.2 Å². The molecule has 3 N–H and O–H groups in total. The van der Waals surface area contributed by atoms with Crippen LogP contribution >= 0.6 is 0 Å². The Hall–Kier alpha value is -2.79. The van der Waals surface area contributed by atoms with Gasteiger partial charge in [-0.1, -0.05) is 42.5 Å². The first kappa shape index (κ1) is 18.5. The lowest BCUT2D eigenvalue weighted by Gasteiger charge is -2.19. The van der Waals surface area contributed by atoms with E-state index < -0.39 is 0 Å². The summed E-state index contributed by atoms with van der Waals surface area (Å²) in [4.78, 5) is 13.4. The Morgan fingerprint density at radius 1 is 1.16 bits per heavy atom. The van der Waals surface area contributed by atoms with E-state index in [-0.39, 0.29) is 1.43 Å². The van der Waals surface area contributed by atoms with E-state index in [4.69, 9.17) is 5.41 Å². The molecule has 3 rings (SSSR count). The summed E-state index contributed by atoms with van der Waals surface area (Å²) in [6.45, 7) is 1.93. The SMILES string of the molecule is CN.N=C(/C=C/c1ccccc1)c1ccc(N2CCCC2)c(N=O)c1.[HH]. The molecule has 1 saturated heterocycles. The lowest BCUT2D eigenvalue weighted by molar-refractivity contribution is 0.949. The first-order valence-electron chi connectivity index (χ1n) is 8.40. The first-order chi connectivity index (χ1) is 12.3. The van der Waals surface area contributed by atoms with Gasteiger partial charge in [0.2, 0.25) is 0 Å². The summed E-state index contributed by atoms with van der Waals surface area (Å²) in [7, 11) is 1.50. The Balaban J connectivity index is 0.00000109. The van der Waals surface area contributed by atoms with E-state index in [1.807, 2.05) is 48.5 Å². The van der Waals surface area contributed by atoms with E-state index in [2.05, 4.69) is 15.8 Å². The molecule has 0 spiro atoms. The molecule has 0 bridgehead atoms. The van der Waals surface area contributed by atoms with Gasteiger partial charge in [0.15, 0.2) is 0 Å². The Morgan fingerprint density at radius 3 is 2.48 bits per heavy atom. The second-order valence-electron chi connectivity index (χ2n) is 5.65. The van der Waals surface area contributed by atoms with Crippen LogP contribution in [-0.4, -0.2) is 25.8 Å². The van der Waals surface area contributed by atoms with Gasteiger partial charge in [-0.3, -0.25) is 0 Å². The quantitative estimate of drug-likeness (QED) is 0.618. The molecule has 132 valence electrons. The predicted molar refractivity (Wildman–Crippen MR) is 108 cm³/mol. The van der Waals surface area contributed by atoms with Crippen LogP contribution in [0.15, 0.2) is 59.8 Å². The Kier molecular flexibility index (Phi) is 7.04. The van der Waals surface area contributed by atoms with Crippen LogP contribution in [0.2, 0.25) is 0 Å². The van der Waals surface area contributed by atoms with E-state index in [9.17, 15) is 4.91 Å². The highest BCUT2D eigenvalue weighted by Gasteiger charge is 2.17. The standard InChI is InChI=1S/C19H19N3O.CH5N.H2/c20-17(10-8-15-6-2-1-3-7-15)16-9-11-19(18(14-16)21-23)22-12-4-5-13-22;1-2;/h1-3,6-11,14,20H,4-5,12-13H2;2H2,1H3;1H/b10-8+,20-17?;;. The van der Waals surface area contributed by atoms with Gasteiger partial charge in [0.05, 0.1) is 11.4 Å². The smallest absolute Gasteiger partial charge is 0.131 e. The molecule has 1 fully saturated rings. The summed E-state index contributed by atoms with van der Waals surface area (Å²) in [5.74, 6) is 0. The number of nitrogens with zero attached hydrogens (tertiary/aromatic N) is 2. The lowest BCUT2D eigenvalue weighted by Crippen LogP contribution is -2.17.